The summed E-state index contributed by atoms with van der Waals surface area (Å²) in [6.07, 6.45) is 1.05. The molecule has 202 valence electrons. The van der Waals surface area contributed by atoms with Gasteiger partial charge in [0.15, 0.2) is 0 Å². The van der Waals surface area contributed by atoms with Gasteiger partial charge in [-0.15, -0.1) is 11.3 Å². The van der Waals surface area contributed by atoms with Crippen molar-refractivity contribution in [3.63, 3.8) is 0 Å². The van der Waals surface area contributed by atoms with E-state index in [1.165, 1.54) is 11.3 Å². The van der Waals surface area contributed by atoms with Crippen LogP contribution >= 0.6 is 11.3 Å². The van der Waals surface area contributed by atoms with E-state index in [-0.39, 0.29) is 23.7 Å². The van der Waals surface area contributed by atoms with Crippen LogP contribution in [0.4, 0.5) is 10.5 Å². The maximum absolute atomic E-state index is 12.7. The van der Waals surface area contributed by atoms with Crippen LogP contribution in [0, 0.1) is 6.92 Å². The quantitative estimate of drug-likeness (QED) is 0.480. The third-order valence-electron chi connectivity index (χ3n) is 6.65. The first kappa shape index (κ1) is 26.2. The van der Waals surface area contributed by atoms with Crippen molar-refractivity contribution in [3.8, 4) is 5.75 Å². The molecule has 3 aromatic rings. The minimum atomic E-state index is -0.510. The number of nitrogen functional groups attached to an aromatic ring is 1. The van der Waals surface area contributed by atoms with Gasteiger partial charge in [0.1, 0.15) is 32.8 Å². The molecule has 2 amide bonds. The van der Waals surface area contributed by atoms with Gasteiger partial charge >= 0.3 is 6.09 Å². The molecular formula is C28H34N4O5S. The number of amides is 2. The maximum atomic E-state index is 12.7. The van der Waals surface area contributed by atoms with E-state index in [2.05, 4.69) is 10.3 Å². The number of rotatable bonds is 6. The molecule has 2 aliphatic rings. The molecule has 3 N–H and O–H groups in total. The van der Waals surface area contributed by atoms with Crippen LogP contribution in [0.25, 0.3) is 10.2 Å². The maximum Gasteiger partial charge on any atom is 0.410 e. The topological polar surface area (TPSA) is 116 Å². The SMILES string of the molecule is Cc1ccc2c(N)c(C(=O)NCCc3ccc(OC4COC5(C4)CN(C(=O)OC(C)(C)C)C5)cc3)sc2n1. The molecule has 2 saturated heterocycles. The molecule has 1 spiro atoms. The number of hydrogen-bond acceptors (Lipinski definition) is 8. The number of benzene rings is 1. The number of aromatic nitrogens is 1. The molecule has 4 heterocycles. The normalized spacial score (nSPS) is 18.4. The lowest BCUT2D eigenvalue weighted by atomic mass is 9.90. The van der Waals surface area contributed by atoms with Crippen molar-refractivity contribution < 1.29 is 23.8 Å². The monoisotopic (exact) mass is 538 g/mol. The molecule has 0 saturated carbocycles. The number of fused-ring (bicyclic) bond motifs is 1. The van der Waals surface area contributed by atoms with Gasteiger partial charge in [0.05, 0.1) is 25.4 Å². The standard InChI is InChI=1S/C28H34N4O5S/c1-17-5-10-21-22(29)23(38-25(21)31-17)24(33)30-12-11-18-6-8-19(9-7-18)36-20-13-28(35-14-20)15-32(16-28)26(34)37-27(2,3)4/h5-10,20H,11-16,29H2,1-4H3,(H,30,33). The molecular weight excluding hydrogens is 504 g/mol. The number of thiophene rings is 1. The molecule has 2 aliphatic heterocycles. The average Bonchev–Trinajstić information content (AvgIpc) is 3.39. The first-order valence-corrected chi connectivity index (χ1v) is 13.6. The molecule has 1 unspecified atom stereocenters. The highest BCUT2D eigenvalue weighted by atomic mass is 32.1. The number of ether oxygens (including phenoxy) is 3. The molecule has 5 rings (SSSR count). The van der Waals surface area contributed by atoms with E-state index in [1.54, 1.807) is 4.90 Å². The molecule has 0 aliphatic carbocycles. The molecule has 38 heavy (non-hydrogen) atoms. The van der Waals surface area contributed by atoms with Crippen molar-refractivity contribution in [2.45, 2.75) is 57.8 Å². The fraction of sp³-hybridized carbons (Fsp3) is 0.464. The predicted molar refractivity (Wildman–Crippen MR) is 147 cm³/mol. The summed E-state index contributed by atoms with van der Waals surface area (Å²) in [5.41, 5.74) is 7.80. The summed E-state index contributed by atoms with van der Waals surface area (Å²) in [4.78, 5) is 32.3. The second-order valence-corrected chi connectivity index (χ2v) is 12.1. The Morgan fingerprint density at radius 1 is 1.21 bits per heavy atom. The van der Waals surface area contributed by atoms with Crippen LogP contribution in [-0.2, 0) is 15.9 Å². The summed E-state index contributed by atoms with van der Waals surface area (Å²) >= 11 is 1.32. The van der Waals surface area contributed by atoms with E-state index in [0.717, 1.165) is 33.6 Å². The van der Waals surface area contributed by atoms with E-state index >= 15 is 0 Å². The van der Waals surface area contributed by atoms with Gasteiger partial charge in [-0.1, -0.05) is 12.1 Å². The Kier molecular flexibility index (Phi) is 6.96. The summed E-state index contributed by atoms with van der Waals surface area (Å²) in [5.74, 6) is 0.590. The lowest BCUT2D eigenvalue weighted by molar-refractivity contribution is -0.109. The minimum absolute atomic E-state index is 0.0639. The largest absolute Gasteiger partial charge is 0.488 e. The van der Waals surface area contributed by atoms with Gasteiger partial charge in [0.2, 0.25) is 0 Å². The molecule has 1 atom stereocenters. The number of hydrogen-bond donors (Lipinski definition) is 2. The van der Waals surface area contributed by atoms with Gasteiger partial charge in [-0.05, 0) is 63.9 Å². The van der Waals surface area contributed by atoms with Crippen molar-refractivity contribution in [2.75, 3.05) is 32.0 Å². The molecule has 9 nitrogen and oxygen atoms in total. The zero-order valence-corrected chi connectivity index (χ0v) is 23.0. The number of nitrogens with two attached hydrogens (primary N) is 1. The van der Waals surface area contributed by atoms with Crippen LogP contribution in [0.5, 0.6) is 5.75 Å². The van der Waals surface area contributed by atoms with Crippen LogP contribution in [0.3, 0.4) is 0 Å². The number of carbonyl (C=O) groups is 2. The first-order chi connectivity index (χ1) is 18.0. The molecule has 1 aromatic carbocycles. The van der Waals surface area contributed by atoms with Gasteiger partial charge in [0, 0.05) is 24.0 Å². The summed E-state index contributed by atoms with van der Waals surface area (Å²) in [7, 11) is 0. The van der Waals surface area contributed by atoms with Crippen molar-refractivity contribution in [1.29, 1.82) is 0 Å². The zero-order valence-electron chi connectivity index (χ0n) is 22.2. The molecule has 0 radical (unpaired) electrons. The van der Waals surface area contributed by atoms with Gasteiger partial charge in [-0.3, -0.25) is 4.79 Å². The van der Waals surface area contributed by atoms with E-state index in [1.807, 2.05) is 64.1 Å². The van der Waals surface area contributed by atoms with Crippen LogP contribution < -0.4 is 15.8 Å². The summed E-state index contributed by atoms with van der Waals surface area (Å²) in [5, 5.41) is 3.78. The van der Waals surface area contributed by atoms with Crippen LogP contribution in [0.15, 0.2) is 36.4 Å². The Balaban J connectivity index is 1.07. The van der Waals surface area contributed by atoms with Crippen LogP contribution in [0.2, 0.25) is 0 Å². The van der Waals surface area contributed by atoms with E-state index in [9.17, 15) is 9.59 Å². The number of carbonyl (C=O) groups excluding carboxylic acids is 2. The molecule has 10 heteroatoms. The average molecular weight is 539 g/mol. The second-order valence-electron chi connectivity index (χ2n) is 11.1. The van der Waals surface area contributed by atoms with Gasteiger partial charge in [-0.25, -0.2) is 9.78 Å². The van der Waals surface area contributed by atoms with Crippen molar-refractivity contribution in [1.82, 2.24) is 15.2 Å². The van der Waals surface area contributed by atoms with Gasteiger partial charge in [0.25, 0.3) is 5.91 Å². The highest BCUT2D eigenvalue weighted by Crippen LogP contribution is 2.37. The molecule has 2 fully saturated rings. The first-order valence-electron chi connectivity index (χ1n) is 12.8. The smallest absolute Gasteiger partial charge is 0.410 e. The van der Waals surface area contributed by atoms with E-state index in [0.29, 0.717) is 43.2 Å². The van der Waals surface area contributed by atoms with Crippen molar-refractivity contribution >= 4 is 39.2 Å². The lowest BCUT2D eigenvalue weighted by Gasteiger charge is -2.46. The van der Waals surface area contributed by atoms with Crippen LogP contribution in [0.1, 0.15) is 48.1 Å². The number of aryl methyl sites for hydroxylation is 1. The van der Waals surface area contributed by atoms with Gasteiger partial charge < -0.3 is 30.2 Å². The second kappa shape index (κ2) is 10.1. The Bertz CT molecular complexity index is 1340. The van der Waals surface area contributed by atoms with Crippen molar-refractivity contribution in [2.24, 2.45) is 0 Å². The molecule has 2 aromatic heterocycles. The predicted octanol–water partition coefficient (Wildman–Crippen LogP) is 4.32. The summed E-state index contributed by atoms with van der Waals surface area (Å²) < 4.78 is 17.6. The Morgan fingerprint density at radius 2 is 1.95 bits per heavy atom. The van der Waals surface area contributed by atoms with Gasteiger partial charge in [-0.2, -0.15) is 0 Å². The molecule has 0 bridgehead atoms. The Labute approximate surface area is 226 Å². The third-order valence-corrected chi connectivity index (χ3v) is 7.76. The number of likely N-dealkylation sites (tertiary alicyclic amines) is 1. The fourth-order valence-electron chi connectivity index (χ4n) is 4.79. The number of anilines is 1. The summed E-state index contributed by atoms with van der Waals surface area (Å²) in [6.45, 7) is 9.53. The zero-order chi connectivity index (χ0) is 27.1. The number of nitrogens with one attached hydrogen (secondary N) is 1. The Morgan fingerprint density at radius 3 is 2.66 bits per heavy atom. The summed E-state index contributed by atoms with van der Waals surface area (Å²) in [6, 6.07) is 11.7. The highest BCUT2D eigenvalue weighted by Gasteiger charge is 2.53. The van der Waals surface area contributed by atoms with E-state index in [4.69, 9.17) is 19.9 Å². The fourth-order valence-corrected chi connectivity index (χ4v) is 5.85. The minimum Gasteiger partial charge on any atom is -0.488 e. The highest BCUT2D eigenvalue weighted by molar-refractivity contribution is 7.21. The lowest BCUT2D eigenvalue weighted by Crippen LogP contribution is -2.64. The van der Waals surface area contributed by atoms with Crippen LogP contribution in [-0.4, -0.2) is 65.4 Å². The van der Waals surface area contributed by atoms with Crippen molar-refractivity contribution in [3.05, 3.63) is 52.5 Å². The number of pyridine rings is 1. The third kappa shape index (κ3) is 5.71. The van der Waals surface area contributed by atoms with E-state index < -0.39 is 5.60 Å². The Hall–Kier alpha value is -3.37. The number of nitrogens with zero attached hydrogens (tertiary/aromatic N) is 2.